The van der Waals surface area contributed by atoms with Crippen LogP contribution in [-0.2, 0) is 21.0 Å². The van der Waals surface area contributed by atoms with E-state index in [1.54, 1.807) is 32.9 Å². The van der Waals surface area contributed by atoms with Crippen molar-refractivity contribution >= 4 is 21.8 Å². The molecule has 27 heavy (non-hydrogen) atoms. The molecule has 0 saturated carbocycles. The van der Waals surface area contributed by atoms with Crippen molar-refractivity contribution in [1.82, 2.24) is 5.32 Å². The second kappa shape index (κ2) is 7.22. The molecule has 150 valence electrons. The first-order valence-corrected chi connectivity index (χ1v) is 10.5. The van der Waals surface area contributed by atoms with Gasteiger partial charge in [-0.2, -0.15) is 0 Å². The summed E-state index contributed by atoms with van der Waals surface area (Å²) in [5.74, 6) is -0.898. The van der Waals surface area contributed by atoms with Crippen LogP contribution in [0.4, 0.5) is 9.18 Å². The van der Waals surface area contributed by atoms with Crippen molar-refractivity contribution in [1.29, 1.82) is 0 Å². The van der Waals surface area contributed by atoms with E-state index in [1.165, 1.54) is 19.9 Å². The molecule has 1 atom stereocenters. The van der Waals surface area contributed by atoms with E-state index in [0.717, 1.165) is 5.56 Å². The molecule has 1 aromatic rings. The van der Waals surface area contributed by atoms with Crippen LogP contribution in [0.15, 0.2) is 23.2 Å². The SMILES string of the molecule is CCc1ccc(F)c([C@@H]2CS(=O)(=O)C(C)(C)C(NC(=O)OC(C)(C)C)=N2)c1. The molecule has 0 saturated heterocycles. The number of hydrogen-bond acceptors (Lipinski definition) is 5. The number of aliphatic imine (C=N–C) groups is 1. The van der Waals surface area contributed by atoms with Crippen molar-refractivity contribution in [2.45, 2.75) is 64.4 Å². The molecule has 1 N–H and O–H groups in total. The van der Waals surface area contributed by atoms with Crippen LogP contribution in [0, 0.1) is 5.82 Å². The number of amides is 1. The number of nitrogens with zero attached hydrogens (tertiary/aromatic N) is 1. The topological polar surface area (TPSA) is 84.8 Å². The highest BCUT2D eigenvalue weighted by molar-refractivity contribution is 7.93. The number of sulfone groups is 1. The second-order valence-corrected chi connectivity index (χ2v) is 10.7. The highest BCUT2D eigenvalue weighted by Crippen LogP contribution is 2.34. The Hall–Kier alpha value is -1.96. The molecular weight excluding hydrogens is 371 g/mol. The number of ether oxygens (including phenoxy) is 1. The summed E-state index contributed by atoms with van der Waals surface area (Å²) in [7, 11) is -3.70. The fourth-order valence-electron chi connectivity index (χ4n) is 2.72. The minimum absolute atomic E-state index is 0.0469. The molecule has 1 aliphatic heterocycles. The zero-order valence-electron chi connectivity index (χ0n) is 16.6. The molecule has 6 nitrogen and oxygen atoms in total. The predicted molar refractivity (Wildman–Crippen MR) is 103 cm³/mol. The van der Waals surface area contributed by atoms with E-state index >= 15 is 0 Å². The summed E-state index contributed by atoms with van der Waals surface area (Å²) in [5.41, 5.74) is 0.339. The van der Waals surface area contributed by atoms with Crippen LogP contribution in [0.3, 0.4) is 0 Å². The first-order chi connectivity index (χ1) is 12.3. The van der Waals surface area contributed by atoms with Gasteiger partial charge in [0.15, 0.2) is 9.84 Å². The molecule has 0 aromatic heterocycles. The van der Waals surface area contributed by atoms with E-state index in [-0.39, 0.29) is 17.2 Å². The number of benzene rings is 1. The van der Waals surface area contributed by atoms with E-state index in [2.05, 4.69) is 10.3 Å². The number of carbonyl (C=O) groups excluding carboxylic acids is 1. The highest BCUT2D eigenvalue weighted by Gasteiger charge is 2.46. The summed E-state index contributed by atoms with van der Waals surface area (Å²) in [6.45, 7) is 9.96. The minimum Gasteiger partial charge on any atom is -0.444 e. The lowest BCUT2D eigenvalue weighted by molar-refractivity contribution is 0.0561. The molecule has 1 aliphatic rings. The Morgan fingerprint density at radius 2 is 2.00 bits per heavy atom. The number of nitrogens with one attached hydrogen (secondary N) is 1. The van der Waals surface area contributed by atoms with Gasteiger partial charge in [0.2, 0.25) is 0 Å². The lowest BCUT2D eigenvalue weighted by Crippen LogP contribution is -2.54. The smallest absolute Gasteiger partial charge is 0.413 e. The molecule has 1 heterocycles. The highest BCUT2D eigenvalue weighted by atomic mass is 32.2. The maximum Gasteiger partial charge on any atom is 0.413 e. The normalized spacial score (nSPS) is 21.3. The van der Waals surface area contributed by atoms with Crippen molar-refractivity contribution in [2.24, 2.45) is 4.99 Å². The zero-order chi connectivity index (χ0) is 20.6. The third-order valence-corrected chi connectivity index (χ3v) is 6.96. The van der Waals surface area contributed by atoms with Gasteiger partial charge in [0.25, 0.3) is 0 Å². The van der Waals surface area contributed by atoms with Crippen LogP contribution < -0.4 is 5.32 Å². The predicted octanol–water partition coefficient (Wildman–Crippen LogP) is 3.56. The average molecular weight is 399 g/mol. The molecule has 1 amide bonds. The van der Waals surface area contributed by atoms with Gasteiger partial charge < -0.3 is 4.74 Å². The summed E-state index contributed by atoms with van der Waals surface area (Å²) < 4.78 is 43.8. The molecule has 2 rings (SSSR count). The molecular formula is C19H27FN2O4S. The number of halogens is 1. The molecule has 0 unspecified atom stereocenters. The van der Waals surface area contributed by atoms with Gasteiger partial charge in [0.1, 0.15) is 22.0 Å². The van der Waals surface area contributed by atoms with Crippen molar-refractivity contribution in [2.75, 3.05) is 5.75 Å². The average Bonchev–Trinajstić information content (AvgIpc) is 2.50. The molecule has 0 radical (unpaired) electrons. The molecule has 1 aromatic carbocycles. The second-order valence-electron chi connectivity index (χ2n) is 8.12. The Morgan fingerprint density at radius 1 is 1.37 bits per heavy atom. The van der Waals surface area contributed by atoms with Crippen LogP contribution in [0.25, 0.3) is 0 Å². The lowest BCUT2D eigenvalue weighted by atomic mass is 10.0. The Labute approximate surface area is 160 Å². The van der Waals surface area contributed by atoms with E-state index in [9.17, 15) is 17.6 Å². The fraction of sp³-hybridized carbons (Fsp3) is 0.579. The van der Waals surface area contributed by atoms with Crippen LogP contribution in [0.2, 0.25) is 0 Å². The van der Waals surface area contributed by atoms with Crippen LogP contribution in [-0.4, -0.2) is 36.4 Å². The monoisotopic (exact) mass is 398 g/mol. The van der Waals surface area contributed by atoms with Crippen molar-refractivity contribution in [3.05, 3.63) is 35.1 Å². The Kier molecular flexibility index (Phi) is 5.71. The standard InChI is InChI=1S/C19H27FN2O4S/c1-7-12-8-9-14(20)13(10-12)15-11-27(24,25)19(5,6)16(21-15)22-17(23)26-18(2,3)4/h8-10,15H,7,11H2,1-6H3,(H,21,22,23)/t15-/m0/s1. The van der Waals surface area contributed by atoms with Gasteiger partial charge in [-0.15, -0.1) is 0 Å². The van der Waals surface area contributed by atoms with E-state index in [1.807, 2.05) is 6.92 Å². The Balaban J connectivity index is 2.47. The van der Waals surface area contributed by atoms with Crippen molar-refractivity contribution in [3.8, 4) is 0 Å². The number of alkyl carbamates (subject to hydrolysis) is 1. The van der Waals surface area contributed by atoms with Crippen LogP contribution in [0.5, 0.6) is 0 Å². The number of aryl methyl sites for hydroxylation is 1. The number of hydrogen-bond donors (Lipinski definition) is 1. The van der Waals surface area contributed by atoms with Gasteiger partial charge in [-0.05, 0) is 52.7 Å². The summed E-state index contributed by atoms with van der Waals surface area (Å²) in [6, 6.07) is 3.67. The molecule has 0 bridgehead atoms. The fourth-order valence-corrected chi connectivity index (χ4v) is 4.21. The number of amidine groups is 1. The quantitative estimate of drug-likeness (QED) is 0.825. The van der Waals surface area contributed by atoms with Gasteiger partial charge in [-0.25, -0.2) is 17.6 Å². The van der Waals surface area contributed by atoms with E-state index in [0.29, 0.717) is 6.42 Å². The van der Waals surface area contributed by atoms with Crippen molar-refractivity contribution in [3.63, 3.8) is 0 Å². The third kappa shape index (κ3) is 4.66. The zero-order valence-corrected chi connectivity index (χ0v) is 17.4. The first kappa shape index (κ1) is 21.3. The van der Waals surface area contributed by atoms with Crippen LogP contribution in [0.1, 0.15) is 58.7 Å². The number of rotatable bonds is 2. The largest absolute Gasteiger partial charge is 0.444 e. The maximum atomic E-state index is 14.4. The van der Waals surface area contributed by atoms with E-state index in [4.69, 9.17) is 4.74 Å². The van der Waals surface area contributed by atoms with Crippen molar-refractivity contribution < 1.29 is 22.3 Å². The minimum atomic E-state index is -3.70. The lowest BCUT2D eigenvalue weighted by Gasteiger charge is -2.34. The molecule has 0 aliphatic carbocycles. The number of carbonyl (C=O) groups is 1. The summed E-state index contributed by atoms with van der Waals surface area (Å²) in [6.07, 6.45) is -0.113. The van der Waals surface area contributed by atoms with E-state index < -0.39 is 38.1 Å². The molecule has 8 heteroatoms. The van der Waals surface area contributed by atoms with Gasteiger partial charge in [0.05, 0.1) is 11.8 Å². The maximum absolute atomic E-state index is 14.4. The third-order valence-electron chi connectivity index (χ3n) is 4.46. The first-order valence-electron chi connectivity index (χ1n) is 8.85. The summed E-state index contributed by atoms with van der Waals surface area (Å²) >= 11 is 0. The molecule has 0 spiro atoms. The van der Waals surface area contributed by atoms with Gasteiger partial charge in [-0.1, -0.05) is 19.1 Å². The summed E-state index contributed by atoms with van der Waals surface area (Å²) in [5, 5.41) is 2.46. The Morgan fingerprint density at radius 3 is 2.56 bits per heavy atom. The van der Waals surface area contributed by atoms with Gasteiger partial charge in [0, 0.05) is 5.56 Å². The van der Waals surface area contributed by atoms with Gasteiger partial charge >= 0.3 is 6.09 Å². The Bertz CT molecular complexity index is 870. The van der Waals surface area contributed by atoms with Gasteiger partial charge in [-0.3, -0.25) is 10.3 Å². The molecule has 0 fully saturated rings. The summed E-state index contributed by atoms with van der Waals surface area (Å²) in [4.78, 5) is 16.5. The van der Waals surface area contributed by atoms with Crippen LogP contribution >= 0.6 is 0 Å².